The number of nitro groups is 1. The summed E-state index contributed by atoms with van der Waals surface area (Å²) in [6, 6.07) is 62.2. The number of methoxy groups -OCH3 is 3. The smallest absolute Gasteiger partial charge is 0.293 e. The van der Waals surface area contributed by atoms with Crippen LogP contribution in [-0.4, -0.2) is 50.8 Å². The molecule has 0 saturated carbocycles. The van der Waals surface area contributed by atoms with Gasteiger partial charge in [0.1, 0.15) is 45.3 Å². The first-order chi connectivity index (χ1) is 38.6. The number of ether oxygens (including phenoxy) is 3. The topological polar surface area (TPSA) is 217 Å². The number of para-hydroxylation sites is 6. The fourth-order valence-corrected chi connectivity index (χ4v) is 8.77. The number of oxazole rings is 3. The van der Waals surface area contributed by atoms with Crippen LogP contribution < -0.4 is 30.6 Å². The largest absolute Gasteiger partial charge is 0.497 e. The van der Waals surface area contributed by atoms with Crippen LogP contribution in [0.5, 0.6) is 17.2 Å². The van der Waals surface area contributed by atoms with Gasteiger partial charge < -0.3 is 43.8 Å². The molecule has 0 fully saturated rings. The molecule has 390 valence electrons. The van der Waals surface area contributed by atoms with Gasteiger partial charge >= 0.3 is 0 Å². The van der Waals surface area contributed by atoms with Crippen molar-refractivity contribution >= 4 is 78.5 Å². The Morgan fingerprint density at radius 1 is 0.481 bits per heavy atom. The number of benzene rings is 9. The number of rotatable bonds is 12. The molecule has 9 aromatic carbocycles. The average Bonchev–Trinajstić information content (AvgIpc) is 4.32. The lowest BCUT2D eigenvalue weighted by atomic mass is 10.1. The van der Waals surface area contributed by atoms with Crippen molar-refractivity contribution in [2.45, 2.75) is 6.92 Å². The van der Waals surface area contributed by atoms with Gasteiger partial charge in [0.15, 0.2) is 16.7 Å². The van der Waals surface area contributed by atoms with Gasteiger partial charge in [-0.15, -0.1) is 0 Å². The maximum Gasteiger partial charge on any atom is 0.293 e. The minimum atomic E-state index is -0.433. The molecule has 17 nitrogen and oxygen atoms in total. The Balaban J connectivity index is 0.000000125. The number of nitro benzene ring substituents is 1. The van der Waals surface area contributed by atoms with Gasteiger partial charge in [-0.2, -0.15) is 0 Å². The number of hydrogen-bond acceptors (Lipinski definition) is 15. The van der Waals surface area contributed by atoms with E-state index in [1.54, 1.807) is 63.8 Å². The first kappa shape index (κ1) is 50.2. The number of aryl methyl sites for hydroxylation is 1. The summed E-state index contributed by atoms with van der Waals surface area (Å²) in [5.74, 6) is 4.78. The third-order valence-corrected chi connectivity index (χ3v) is 12.8. The molecular weight excluding hydrogens is 999 g/mol. The van der Waals surface area contributed by atoms with E-state index in [4.69, 9.17) is 38.2 Å². The molecule has 0 amide bonds. The van der Waals surface area contributed by atoms with E-state index in [-0.39, 0.29) is 5.69 Å². The standard InChI is InChI=1S/C22H17N3O2.C20H15N3O4.C20H17N3O2/c1-14-23-19-13-15(22-24-18-5-3-4-6-21(18)27-22)7-12-20(19)25(14)16-8-10-17(26-2)11-9-16;1-26-15-9-7-14(8-10-15)21-16-11-6-13(12-18(16)23(24)25)20-22-17-4-2-3-5-19(17)27-20;1-24-15-9-7-14(8-10-15)22-17-11-6-13(12-16(17)21)20-23-18-4-2-3-5-19(18)25-20/h3-13H,1-2H3;2-12,21H,1H3;2-12,22H,21H2,1H3. The van der Waals surface area contributed by atoms with Crippen molar-refractivity contribution in [3.05, 3.63) is 216 Å². The molecule has 0 atom stereocenters. The zero-order valence-corrected chi connectivity index (χ0v) is 43.1. The van der Waals surface area contributed by atoms with E-state index in [1.807, 2.05) is 153 Å². The van der Waals surface area contributed by atoms with Gasteiger partial charge in [0.05, 0.1) is 48.7 Å². The molecule has 0 bridgehead atoms. The highest BCUT2D eigenvalue weighted by molar-refractivity contribution is 5.85. The summed E-state index contributed by atoms with van der Waals surface area (Å²) < 4.78 is 35.0. The molecule has 0 saturated heterocycles. The third-order valence-electron chi connectivity index (χ3n) is 12.8. The molecule has 4 N–H and O–H groups in total. The highest BCUT2D eigenvalue weighted by Gasteiger charge is 2.19. The summed E-state index contributed by atoms with van der Waals surface area (Å²) in [7, 11) is 4.89. The second-order valence-corrected chi connectivity index (χ2v) is 17.9. The maximum absolute atomic E-state index is 11.6. The van der Waals surface area contributed by atoms with E-state index >= 15 is 0 Å². The van der Waals surface area contributed by atoms with Crippen molar-refractivity contribution in [2.75, 3.05) is 37.7 Å². The van der Waals surface area contributed by atoms with Crippen LogP contribution in [0, 0.1) is 17.0 Å². The first-order valence-corrected chi connectivity index (χ1v) is 24.8. The van der Waals surface area contributed by atoms with Crippen LogP contribution in [0.2, 0.25) is 0 Å². The Hall–Kier alpha value is -10.9. The normalized spacial score (nSPS) is 10.9. The summed E-state index contributed by atoms with van der Waals surface area (Å²) in [5, 5.41) is 17.9. The van der Waals surface area contributed by atoms with Crippen LogP contribution in [0.15, 0.2) is 213 Å². The molecule has 4 heterocycles. The summed E-state index contributed by atoms with van der Waals surface area (Å²) in [6.45, 7) is 2.00. The summed E-state index contributed by atoms with van der Waals surface area (Å²) in [6.07, 6.45) is 0. The van der Waals surface area contributed by atoms with Crippen molar-refractivity contribution in [1.29, 1.82) is 0 Å². The van der Waals surface area contributed by atoms with E-state index in [2.05, 4.69) is 36.2 Å². The minimum absolute atomic E-state index is 0.0643. The zero-order valence-electron chi connectivity index (χ0n) is 43.1. The molecule has 13 aromatic rings. The Kier molecular flexibility index (Phi) is 14.1. The number of nitrogens with zero attached hydrogens (tertiary/aromatic N) is 6. The summed E-state index contributed by atoms with van der Waals surface area (Å²) in [4.78, 5) is 29.3. The SMILES string of the molecule is COc1ccc(-n2c(C)nc3cc(-c4nc5ccccc5o4)ccc32)cc1.COc1ccc(Nc2ccc(-c3nc4ccccc4o3)cc2N)cc1.COc1ccc(Nc2ccc(-c3nc4ccccc4o3)cc2[N+](=O)[O-])cc1. The van der Waals surface area contributed by atoms with Crippen molar-refractivity contribution in [2.24, 2.45) is 0 Å². The van der Waals surface area contributed by atoms with E-state index in [9.17, 15) is 10.1 Å². The van der Waals surface area contributed by atoms with Gasteiger partial charge in [-0.3, -0.25) is 14.7 Å². The second kappa shape index (κ2) is 22.1. The molecule has 0 spiro atoms. The number of aromatic nitrogens is 5. The third kappa shape index (κ3) is 10.9. The number of hydrogen-bond donors (Lipinski definition) is 3. The van der Waals surface area contributed by atoms with Gasteiger partial charge in [-0.1, -0.05) is 36.4 Å². The number of nitrogens with one attached hydrogen (secondary N) is 2. The van der Waals surface area contributed by atoms with E-state index < -0.39 is 4.92 Å². The Bertz CT molecular complexity index is 4180. The van der Waals surface area contributed by atoms with Crippen LogP contribution in [0.25, 0.3) is 84.4 Å². The zero-order chi connectivity index (χ0) is 54.4. The van der Waals surface area contributed by atoms with Gasteiger partial charge in [0.2, 0.25) is 17.7 Å². The van der Waals surface area contributed by atoms with Crippen molar-refractivity contribution in [3.63, 3.8) is 0 Å². The molecule has 0 unspecified atom stereocenters. The molecule has 17 heteroatoms. The van der Waals surface area contributed by atoms with Gasteiger partial charge in [-0.25, -0.2) is 19.9 Å². The van der Waals surface area contributed by atoms with Gasteiger partial charge in [-0.05, 0) is 165 Å². The van der Waals surface area contributed by atoms with Crippen LogP contribution in [0.4, 0.5) is 34.1 Å². The van der Waals surface area contributed by atoms with Crippen molar-refractivity contribution in [3.8, 4) is 57.3 Å². The highest BCUT2D eigenvalue weighted by Crippen LogP contribution is 2.36. The van der Waals surface area contributed by atoms with Crippen LogP contribution in [0.3, 0.4) is 0 Å². The summed E-state index contributed by atoms with van der Waals surface area (Å²) in [5.41, 5.74) is 19.5. The Labute approximate surface area is 451 Å². The predicted octanol–water partition coefficient (Wildman–Crippen LogP) is 15.1. The van der Waals surface area contributed by atoms with E-state index in [0.29, 0.717) is 57.1 Å². The Morgan fingerprint density at radius 2 is 0.899 bits per heavy atom. The quantitative estimate of drug-likeness (QED) is 0.0589. The molecule has 0 aliphatic carbocycles. The van der Waals surface area contributed by atoms with Crippen LogP contribution >= 0.6 is 0 Å². The minimum Gasteiger partial charge on any atom is -0.497 e. The number of anilines is 5. The molecule has 4 aromatic heterocycles. The molecule has 79 heavy (non-hydrogen) atoms. The lowest BCUT2D eigenvalue weighted by Crippen LogP contribution is -1.97. The number of imidazole rings is 1. The van der Waals surface area contributed by atoms with E-state index in [0.717, 1.165) is 78.7 Å². The fraction of sp³-hybridized carbons (Fsp3) is 0.0645. The molecule has 0 aliphatic heterocycles. The number of fused-ring (bicyclic) bond motifs is 4. The molecule has 0 radical (unpaired) electrons. The van der Waals surface area contributed by atoms with Crippen LogP contribution in [0.1, 0.15) is 5.82 Å². The number of nitrogen functional groups attached to an aromatic ring is 1. The average molecular weight is 1050 g/mol. The maximum atomic E-state index is 11.6. The first-order valence-electron chi connectivity index (χ1n) is 24.8. The second-order valence-electron chi connectivity index (χ2n) is 17.9. The predicted molar refractivity (Wildman–Crippen MR) is 308 cm³/mol. The Morgan fingerprint density at radius 3 is 1.35 bits per heavy atom. The van der Waals surface area contributed by atoms with Crippen molar-refractivity contribution in [1.82, 2.24) is 24.5 Å². The summed E-state index contributed by atoms with van der Waals surface area (Å²) >= 11 is 0. The lowest BCUT2D eigenvalue weighted by molar-refractivity contribution is -0.383. The lowest BCUT2D eigenvalue weighted by Gasteiger charge is -2.10. The highest BCUT2D eigenvalue weighted by atomic mass is 16.6. The van der Waals surface area contributed by atoms with Gasteiger partial charge in [0, 0.05) is 39.8 Å². The molecule has 0 aliphatic rings. The molecular formula is C62H49N9O8. The van der Waals surface area contributed by atoms with Gasteiger partial charge in [0.25, 0.3) is 5.69 Å². The monoisotopic (exact) mass is 1050 g/mol. The number of nitrogens with two attached hydrogens (primary N) is 1. The van der Waals surface area contributed by atoms with E-state index in [1.165, 1.54) is 6.07 Å². The molecule has 13 rings (SSSR count). The van der Waals surface area contributed by atoms with Crippen LogP contribution in [-0.2, 0) is 0 Å². The fourth-order valence-electron chi connectivity index (χ4n) is 8.77. The van der Waals surface area contributed by atoms with Crippen molar-refractivity contribution < 1.29 is 32.4 Å².